The second-order valence-electron chi connectivity index (χ2n) is 6.12. The minimum Gasteiger partial charge on any atom is -0.329 e. The third-order valence-corrected chi connectivity index (χ3v) is 4.52. The topological polar surface area (TPSA) is 29.3 Å². The fourth-order valence-electron chi connectivity index (χ4n) is 3.29. The Labute approximate surface area is 141 Å². The molecule has 1 aliphatic heterocycles. The molecule has 4 heteroatoms. The van der Waals surface area contributed by atoms with Crippen molar-refractivity contribution in [2.24, 2.45) is 5.73 Å². The van der Waals surface area contributed by atoms with Gasteiger partial charge in [0.25, 0.3) is 0 Å². The van der Waals surface area contributed by atoms with E-state index in [0.717, 1.165) is 49.2 Å². The summed E-state index contributed by atoms with van der Waals surface area (Å²) in [4.78, 5) is 2.36. The standard InChI is InChI=1S/C20H22F2N2/c21-18-5-1-15(2-6-18)20(16-3-7-19(22)8-4-16)17-9-12-24(13-10-17)14-11-23/h1-8H,9-14,23H2. The lowest BCUT2D eigenvalue weighted by Crippen LogP contribution is -2.35. The number of nitrogens with zero attached hydrogens (tertiary/aromatic N) is 1. The highest BCUT2D eigenvalue weighted by molar-refractivity contribution is 5.82. The van der Waals surface area contributed by atoms with Gasteiger partial charge in [-0.2, -0.15) is 0 Å². The average Bonchev–Trinajstić information content (AvgIpc) is 2.60. The molecule has 1 aliphatic rings. The van der Waals surface area contributed by atoms with Crippen molar-refractivity contribution in [2.75, 3.05) is 26.2 Å². The molecule has 0 bridgehead atoms. The van der Waals surface area contributed by atoms with E-state index in [9.17, 15) is 8.78 Å². The Morgan fingerprint density at radius 2 is 1.29 bits per heavy atom. The highest BCUT2D eigenvalue weighted by atomic mass is 19.1. The molecule has 2 nitrogen and oxygen atoms in total. The van der Waals surface area contributed by atoms with E-state index in [2.05, 4.69) is 4.90 Å². The summed E-state index contributed by atoms with van der Waals surface area (Å²) < 4.78 is 26.6. The minimum atomic E-state index is -0.250. The summed E-state index contributed by atoms with van der Waals surface area (Å²) in [5, 5.41) is 0. The van der Waals surface area contributed by atoms with Gasteiger partial charge in [-0.15, -0.1) is 0 Å². The molecular weight excluding hydrogens is 306 g/mol. The molecule has 1 heterocycles. The Hall–Kier alpha value is -2.04. The summed E-state index contributed by atoms with van der Waals surface area (Å²) in [6, 6.07) is 13.1. The number of hydrogen-bond donors (Lipinski definition) is 1. The summed E-state index contributed by atoms with van der Waals surface area (Å²) in [5.41, 5.74) is 10.0. The molecule has 24 heavy (non-hydrogen) atoms. The zero-order valence-electron chi connectivity index (χ0n) is 13.6. The molecule has 3 rings (SSSR count). The van der Waals surface area contributed by atoms with Crippen LogP contribution in [0.1, 0.15) is 24.0 Å². The molecule has 0 aromatic heterocycles. The summed E-state index contributed by atoms with van der Waals surface area (Å²) in [7, 11) is 0. The number of rotatable bonds is 4. The Balaban J connectivity index is 1.97. The molecule has 0 amide bonds. The number of piperidine rings is 1. The van der Waals surface area contributed by atoms with Crippen LogP contribution in [0.25, 0.3) is 5.57 Å². The Bertz CT molecular complexity index is 648. The van der Waals surface area contributed by atoms with E-state index in [0.29, 0.717) is 6.54 Å². The number of likely N-dealkylation sites (tertiary alicyclic amines) is 1. The van der Waals surface area contributed by atoms with E-state index in [1.54, 1.807) is 24.3 Å². The first-order valence-corrected chi connectivity index (χ1v) is 8.33. The summed E-state index contributed by atoms with van der Waals surface area (Å²) >= 11 is 0. The van der Waals surface area contributed by atoms with Crippen LogP contribution in [0, 0.1) is 11.6 Å². The minimum absolute atomic E-state index is 0.250. The predicted octanol–water partition coefficient (Wildman–Crippen LogP) is 3.82. The molecule has 2 aromatic rings. The van der Waals surface area contributed by atoms with E-state index >= 15 is 0 Å². The molecule has 126 valence electrons. The maximum Gasteiger partial charge on any atom is 0.123 e. The van der Waals surface area contributed by atoms with Crippen molar-refractivity contribution < 1.29 is 8.78 Å². The van der Waals surface area contributed by atoms with Crippen LogP contribution in [0.4, 0.5) is 8.78 Å². The monoisotopic (exact) mass is 328 g/mol. The van der Waals surface area contributed by atoms with Gasteiger partial charge in [-0.25, -0.2) is 8.78 Å². The summed E-state index contributed by atoms with van der Waals surface area (Å²) in [5.74, 6) is -0.500. The van der Waals surface area contributed by atoms with Gasteiger partial charge in [-0.1, -0.05) is 29.8 Å². The van der Waals surface area contributed by atoms with Crippen LogP contribution >= 0.6 is 0 Å². The predicted molar refractivity (Wildman–Crippen MR) is 93.6 cm³/mol. The molecular formula is C20H22F2N2. The van der Waals surface area contributed by atoms with Gasteiger partial charge < -0.3 is 10.6 Å². The SMILES string of the molecule is NCCN1CCC(=C(c2ccc(F)cc2)c2ccc(F)cc2)CC1. The van der Waals surface area contributed by atoms with Gasteiger partial charge in [-0.3, -0.25) is 0 Å². The second kappa shape index (κ2) is 7.69. The number of hydrogen-bond acceptors (Lipinski definition) is 2. The fraction of sp³-hybridized carbons (Fsp3) is 0.300. The van der Waals surface area contributed by atoms with Gasteiger partial charge in [0.1, 0.15) is 11.6 Å². The van der Waals surface area contributed by atoms with Crippen LogP contribution in [0.3, 0.4) is 0 Å². The van der Waals surface area contributed by atoms with Crippen LogP contribution in [0.15, 0.2) is 54.1 Å². The lowest BCUT2D eigenvalue weighted by Gasteiger charge is -2.29. The third kappa shape index (κ3) is 3.89. The molecule has 0 unspecified atom stereocenters. The largest absolute Gasteiger partial charge is 0.329 e. The van der Waals surface area contributed by atoms with Crippen molar-refractivity contribution in [3.8, 4) is 0 Å². The molecule has 0 radical (unpaired) electrons. The Kier molecular flexibility index (Phi) is 5.38. The van der Waals surface area contributed by atoms with Gasteiger partial charge in [0, 0.05) is 26.2 Å². The Morgan fingerprint density at radius 1 is 0.833 bits per heavy atom. The van der Waals surface area contributed by atoms with E-state index < -0.39 is 0 Å². The average molecular weight is 328 g/mol. The molecule has 1 saturated heterocycles. The quantitative estimate of drug-likeness (QED) is 0.924. The summed E-state index contributed by atoms with van der Waals surface area (Å²) in [6.07, 6.45) is 1.90. The fourth-order valence-corrected chi connectivity index (χ4v) is 3.29. The number of benzene rings is 2. The molecule has 2 N–H and O–H groups in total. The van der Waals surface area contributed by atoms with Crippen LogP contribution in [-0.4, -0.2) is 31.1 Å². The van der Waals surface area contributed by atoms with Crippen LogP contribution in [-0.2, 0) is 0 Å². The first kappa shape index (κ1) is 16.8. The van der Waals surface area contributed by atoms with E-state index in [-0.39, 0.29) is 11.6 Å². The van der Waals surface area contributed by atoms with Gasteiger partial charge in [0.2, 0.25) is 0 Å². The Morgan fingerprint density at radius 3 is 1.71 bits per heavy atom. The highest BCUT2D eigenvalue weighted by Gasteiger charge is 2.18. The molecule has 0 spiro atoms. The van der Waals surface area contributed by atoms with Gasteiger partial charge in [0.15, 0.2) is 0 Å². The van der Waals surface area contributed by atoms with Crippen LogP contribution in [0.2, 0.25) is 0 Å². The van der Waals surface area contributed by atoms with E-state index in [4.69, 9.17) is 5.73 Å². The van der Waals surface area contributed by atoms with Crippen molar-refractivity contribution >= 4 is 5.57 Å². The zero-order chi connectivity index (χ0) is 16.9. The number of halogens is 2. The molecule has 2 aromatic carbocycles. The number of nitrogens with two attached hydrogens (primary N) is 1. The third-order valence-electron chi connectivity index (χ3n) is 4.52. The lowest BCUT2D eigenvalue weighted by molar-refractivity contribution is 0.264. The molecule has 1 fully saturated rings. The van der Waals surface area contributed by atoms with Crippen molar-refractivity contribution in [3.05, 3.63) is 76.9 Å². The van der Waals surface area contributed by atoms with Crippen molar-refractivity contribution in [1.29, 1.82) is 0 Å². The second-order valence-corrected chi connectivity index (χ2v) is 6.12. The first-order valence-electron chi connectivity index (χ1n) is 8.33. The normalized spacial score (nSPS) is 15.5. The van der Waals surface area contributed by atoms with Gasteiger partial charge in [-0.05, 0) is 53.8 Å². The zero-order valence-corrected chi connectivity index (χ0v) is 13.6. The molecule has 0 aliphatic carbocycles. The highest BCUT2D eigenvalue weighted by Crippen LogP contribution is 2.32. The van der Waals surface area contributed by atoms with Gasteiger partial charge in [0.05, 0.1) is 0 Å². The van der Waals surface area contributed by atoms with Crippen molar-refractivity contribution in [2.45, 2.75) is 12.8 Å². The van der Waals surface area contributed by atoms with Crippen molar-refractivity contribution in [3.63, 3.8) is 0 Å². The van der Waals surface area contributed by atoms with Crippen LogP contribution < -0.4 is 5.73 Å². The lowest BCUT2D eigenvalue weighted by atomic mass is 9.88. The van der Waals surface area contributed by atoms with E-state index in [1.807, 2.05) is 0 Å². The summed E-state index contributed by atoms with van der Waals surface area (Å²) in [6.45, 7) is 3.52. The maximum absolute atomic E-state index is 13.3. The maximum atomic E-state index is 13.3. The first-order chi connectivity index (χ1) is 11.7. The molecule has 0 atom stereocenters. The van der Waals surface area contributed by atoms with Gasteiger partial charge >= 0.3 is 0 Å². The molecule has 0 saturated carbocycles. The van der Waals surface area contributed by atoms with E-state index in [1.165, 1.54) is 29.8 Å². The smallest absolute Gasteiger partial charge is 0.123 e. The van der Waals surface area contributed by atoms with Crippen LogP contribution in [0.5, 0.6) is 0 Å². The van der Waals surface area contributed by atoms with Crippen molar-refractivity contribution in [1.82, 2.24) is 4.90 Å².